The number of nitrogens with one attached hydrogen (secondary N) is 1. The van der Waals surface area contributed by atoms with E-state index in [4.69, 9.17) is 4.74 Å². The number of hydrogen-bond acceptors (Lipinski definition) is 5. The number of aromatic nitrogens is 2. The smallest absolute Gasteiger partial charge is 0.253 e. The minimum Gasteiger partial charge on any atom is -0.368 e. The van der Waals surface area contributed by atoms with Crippen LogP contribution in [-0.4, -0.2) is 41.7 Å². The largest absolute Gasteiger partial charge is 0.368 e. The lowest BCUT2D eigenvalue weighted by molar-refractivity contribution is -0.124. The zero-order valence-corrected chi connectivity index (χ0v) is 10.8. The Balaban J connectivity index is 1.60. The zero-order chi connectivity index (χ0) is 13.1. The van der Waals surface area contributed by atoms with Crippen LogP contribution in [-0.2, 0) is 9.53 Å². The van der Waals surface area contributed by atoms with Crippen molar-refractivity contribution in [1.82, 2.24) is 9.97 Å². The standard InChI is InChI=1S/C13H18N4O2/c18-12(11-4-3-7-19-11)16-10-8-14-13(15-9-10)17-5-1-2-6-17/h8-9,11H,1-7H2,(H,16,18)/t11-/m1/s1. The van der Waals surface area contributed by atoms with E-state index in [9.17, 15) is 4.79 Å². The van der Waals surface area contributed by atoms with Gasteiger partial charge >= 0.3 is 0 Å². The summed E-state index contributed by atoms with van der Waals surface area (Å²) in [5, 5.41) is 2.79. The van der Waals surface area contributed by atoms with E-state index in [1.54, 1.807) is 12.4 Å². The molecule has 3 rings (SSSR count). The van der Waals surface area contributed by atoms with E-state index in [1.807, 2.05) is 0 Å². The second kappa shape index (κ2) is 5.52. The quantitative estimate of drug-likeness (QED) is 0.886. The molecule has 0 saturated carbocycles. The van der Waals surface area contributed by atoms with Crippen LogP contribution in [0.4, 0.5) is 11.6 Å². The van der Waals surface area contributed by atoms with Crippen molar-refractivity contribution in [1.29, 1.82) is 0 Å². The Bertz CT molecular complexity index is 436. The Morgan fingerprint density at radius 1 is 1.26 bits per heavy atom. The van der Waals surface area contributed by atoms with Crippen LogP contribution in [0, 0.1) is 0 Å². The molecular weight excluding hydrogens is 244 g/mol. The third kappa shape index (κ3) is 2.84. The van der Waals surface area contributed by atoms with Crippen molar-refractivity contribution in [3.8, 4) is 0 Å². The highest BCUT2D eigenvalue weighted by atomic mass is 16.5. The normalized spacial score (nSPS) is 22.7. The lowest BCUT2D eigenvalue weighted by Gasteiger charge is -2.15. The summed E-state index contributed by atoms with van der Waals surface area (Å²) in [7, 11) is 0. The molecule has 0 bridgehead atoms. The average molecular weight is 262 g/mol. The fourth-order valence-electron chi connectivity index (χ4n) is 2.47. The first-order valence-corrected chi connectivity index (χ1v) is 6.82. The molecule has 6 heteroatoms. The zero-order valence-electron chi connectivity index (χ0n) is 10.8. The van der Waals surface area contributed by atoms with Crippen molar-refractivity contribution in [3.63, 3.8) is 0 Å². The molecule has 2 aliphatic rings. The van der Waals surface area contributed by atoms with Crippen molar-refractivity contribution in [2.24, 2.45) is 0 Å². The molecule has 0 unspecified atom stereocenters. The molecule has 1 amide bonds. The summed E-state index contributed by atoms with van der Waals surface area (Å²) in [5.41, 5.74) is 0.628. The first-order chi connectivity index (χ1) is 9.33. The topological polar surface area (TPSA) is 67.4 Å². The predicted molar refractivity (Wildman–Crippen MR) is 71.1 cm³/mol. The van der Waals surface area contributed by atoms with E-state index in [1.165, 1.54) is 12.8 Å². The number of carbonyl (C=O) groups is 1. The van der Waals surface area contributed by atoms with Crippen LogP contribution in [0.25, 0.3) is 0 Å². The maximum absolute atomic E-state index is 11.9. The number of hydrogen-bond donors (Lipinski definition) is 1. The first-order valence-electron chi connectivity index (χ1n) is 6.82. The molecule has 0 radical (unpaired) electrons. The number of ether oxygens (including phenoxy) is 1. The summed E-state index contributed by atoms with van der Waals surface area (Å²) < 4.78 is 5.33. The van der Waals surface area contributed by atoms with Crippen molar-refractivity contribution < 1.29 is 9.53 Å². The van der Waals surface area contributed by atoms with E-state index in [-0.39, 0.29) is 12.0 Å². The number of rotatable bonds is 3. The Hall–Kier alpha value is -1.69. The summed E-state index contributed by atoms with van der Waals surface area (Å²) in [6.07, 6.45) is 7.13. The van der Waals surface area contributed by atoms with Crippen LogP contribution in [0.1, 0.15) is 25.7 Å². The molecule has 1 atom stereocenters. The maximum atomic E-state index is 11.9. The van der Waals surface area contributed by atoms with Crippen LogP contribution in [0.3, 0.4) is 0 Å². The summed E-state index contributed by atoms with van der Waals surface area (Å²) in [4.78, 5) is 22.6. The van der Waals surface area contributed by atoms with Crippen LogP contribution in [0.15, 0.2) is 12.4 Å². The van der Waals surface area contributed by atoms with Gasteiger partial charge in [-0.05, 0) is 25.7 Å². The third-order valence-electron chi connectivity index (χ3n) is 3.52. The number of carbonyl (C=O) groups excluding carboxylic acids is 1. The van der Waals surface area contributed by atoms with E-state index in [2.05, 4.69) is 20.2 Å². The third-order valence-corrected chi connectivity index (χ3v) is 3.52. The van der Waals surface area contributed by atoms with Crippen LogP contribution in [0.5, 0.6) is 0 Å². The van der Waals surface area contributed by atoms with Gasteiger partial charge in [0.2, 0.25) is 5.95 Å². The van der Waals surface area contributed by atoms with Crippen LogP contribution >= 0.6 is 0 Å². The first kappa shape index (κ1) is 12.3. The molecule has 2 fully saturated rings. The Labute approximate surface area is 112 Å². The van der Waals surface area contributed by atoms with Gasteiger partial charge in [-0.15, -0.1) is 0 Å². The fourth-order valence-corrected chi connectivity index (χ4v) is 2.47. The molecule has 0 aromatic carbocycles. The van der Waals surface area contributed by atoms with Crippen molar-refractivity contribution in [2.75, 3.05) is 29.9 Å². The molecule has 2 saturated heterocycles. The van der Waals surface area contributed by atoms with Gasteiger partial charge in [0, 0.05) is 19.7 Å². The summed E-state index contributed by atoms with van der Waals surface area (Å²) in [6.45, 7) is 2.70. The van der Waals surface area contributed by atoms with Gasteiger partial charge in [-0.3, -0.25) is 4.79 Å². The summed E-state index contributed by atoms with van der Waals surface area (Å²) >= 11 is 0. The molecule has 3 heterocycles. The highest BCUT2D eigenvalue weighted by molar-refractivity contribution is 5.94. The molecule has 6 nitrogen and oxygen atoms in total. The fraction of sp³-hybridized carbons (Fsp3) is 0.615. The minimum absolute atomic E-state index is 0.102. The van der Waals surface area contributed by atoms with Gasteiger partial charge in [-0.1, -0.05) is 0 Å². The van der Waals surface area contributed by atoms with Gasteiger partial charge in [0.15, 0.2) is 0 Å². The summed E-state index contributed by atoms with van der Waals surface area (Å²) in [6, 6.07) is 0. The van der Waals surface area contributed by atoms with E-state index in [0.29, 0.717) is 12.3 Å². The maximum Gasteiger partial charge on any atom is 0.253 e. The molecule has 0 aliphatic carbocycles. The van der Waals surface area contributed by atoms with Gasteiger partial charge in [-0.25, -0.2) is 9.97 Å². The van der Waals surface area contributed by atoms with Crippen molar-refractivity contribution in [2.45, 2.75) is 31.8 Å². The van der Waals surface area contributed by atoms with E-state index < -0.39 is 0 Å². The molecular formula is C13H18N4O2. The lowest BCUT2D eigenvalue weighted by atomic mass is 10.2. The molecule has 102 valence electrons. The minimum atomic E-state index is -0.321. The molecule has 1 aromatic heterocycles. The monoisotopic (exact) mass is 262 g/mol. The second-order valence-electron chi connectivity index (χ2n) is 4.96. The Morgan fingerprint density at radius 2 is 2.00 bits per heavy atom. The van der Waals surface area contributed by atoms with Crippen LogP contribution < -0.4 is 10.2 Å². The SMILES string of the molecule is O=C(Nc1cnc(N2CCCC2)nc1)[C@H]1CCCO1. The molecule has 1 aromatic rings. The van der Waals surface area contributed by atoms with Gasteiger partial charge in [0.1, 0.15) is 6.10 Å². The van der Waals surface area contributed by atoms with E-state index >= 15 is 0 Å². The highest BCUT2D eigenvalue weighted by Crippen LogP contribution is 2.17. The van der Waals surface area contributed by atoms with Gasteiger partial charge < -0.3 is 15.0 Å². The number of nitrogens with zero attached hydrogens (tertiary/aromatic N) is 3. The highest BCUT2D eigenvalue weighted by Gasteiger charge is 2.23. The van der Waals surface area contributed by atoms with Gasteiger partial charge in [0.25, 0.3) is 5.91 Å². The Kier molecular flexibility index (Phi) is 3.59. The lowest BCUT2D eigenvalue weighted by Crippen LogP contribution is -2.27. The van der Waals surface area contributed by atoms with Gasteiger partial charge in [-0.2, -0.15) is 0 Å². The van der Waals surface area contributed by atoms with Crippen molar-refractivity contribution in [3.05, 3.63) is 12.4 Å². The molecule has 1 N–H and O–H groups in total. The predicted octanol–water partition coefficient (Wildman–Crippen LogP) is 1.19. The second-order valence-corrected chi connectivity index (χ2v) is 4.96. The van der Waals surface area contributed by atoms with E-state index in [0.717, 1.165) is 31.9 Å². The summed E-state index contributed by atoms with van der Waals surface area (Å²) in [5.74, 6) is 0.641. The van der Waals surface area contributed by atoms with Gasteiger partial charge in [0.05, 0.1) is 18.1 Å². The number of anilines is 2. The van der Waals surface area contributed by atoms with Crippen molar-refractivity contribution >= 4 is 17.5 Å². The number of amides is 1. The molecule has 0 spiro atoms. The Morgan fingerprint density at radius 3 is 2.63 bits per heavy atom. The van der Waals surface area contributed by atoms with Crippen LogP contribution in [0.2, 0.25) is 0 Å². The molecule has 19 heavy (non-hydrogen) atoms. The average Bonchev–Trinajstić information content (AvgIpc) is 3.13. The molecule has 2 aliphatic heterocycles.